The standard InChI is InChI=1S/C14H15N3O4/c18-14(5-7-21-9-14)8-16-11-3-4-12(17(19)20)13-10(11)2-1-6-15-13/h1-4,6,16,18H,5,7-9H2. The van der Waals surface area contributed by atoms with Crippen molar-refractivity contribution in [3.63, 3.8) is 0 Å². The number of aromatic nitrogens is 1. The minimum absolute atomic E-state index is 0.0286. The summed E-state index contributed by atoms with van der Waals surface area (Å²) in [7, 11) is 0. The summed E-state index contributed by atoms with van der Waals surface area (Å²) in [6, 6.07) is 6.56. The monoisotopic (exact) mass is 289 g/mol. The average Bonchev–Trinajstić information content (AvgIpc) is 2.91. The summed E-state index contributed by atoms with van der Waals surface area (Å²) >= 11 is 0. The van der Waals surface area contributed by atoms with Crippen LogP contribution in [0, 0.1) is 10.1 Å². The van der Waals surface area contributed by atoms with Crippen molar-refractivity contribution in [2.75, 3.05) is 25.1 Å². The number of ether oxygens (including phenoxy) is 1. The van der Waals surface area contributed by atoms with Crippen LogP contribution in [0.5, 0.6) is 0 Å². The van der Waals surface area contributed by atoms with Gasteiger partial charge >= 0.3 is 0 Å². The number of fused-ring (bicyclic) bond motifs is 1. The van der Waals surface area contributed by atoms with E-state index in [0.29, 0.717) is 42.8 Å². The van der Waals surface area contributed by atoms with Gasteiger partial charge in [-0.2, -0.15) is 0 Å². The third-order valence-corrected chi connectivity index (χ3v) is 3.64. The smallest absolute Gasteiger partial charge is 0.295 e. The summed E-state index contributed by atoms with van der Waals surface area (Å²) < 4.78 is 5.19. The maximum atomic E-state index is 11.0. The van der Waals surface area contributed by atoms with Gasteiger partial charge in [0.15, 0.2) is 0 Å². The molecule has 7 heteroatoms. The van der Waals surface area contributed by atoms with Crippen molar-refractivity contribution in [2.24, 2.45) is 0 Å². The van der Waals surface area contributed by atoms with Gasteiger partial charge in [-0.1, -0.05) is 0 Å². The Morgan fingerprint density at radius 2 is 2.33 bits per heavy atom. The van der Waals surface area contributed by atoms with E-state index in [-0.39, 0.29) is 5.69 Å². The molecule has 1 unspecified atom stereocenters. The van der Waals surface area contributed by atoms with Gasteiger partial charge in [-0.3, -0.25) is 10.1 Å². The number of hydrogen-bond acceptors (Lipinski definition) is 6. The lowest BCUT2D eigenvalue weighted by molar-refractivity contribution is -0.383. The number of nitrogens with one attached hydrogen (secondary N) is 1. The minimum Gasteiger partial charge on any atom is -0.386 e. The highest BCUT2D eigenvalue weighted by molar-refractivity contribution is 5.96. The molecule has 1 aliphatic heterocycles. The van der Waals surface area contributed by atoms with E-state index in [0.717, 1.165) is 0 Å². The first-order valence-electron chi connectivity index (χ1n) is 6.65. The summed E-state index contributed by atoms with van der Waals surface area (Å²) in [5.41, 5.74) is 0.126. The van der Waals surface area contributed by atoms with Crippen molar-refractivity contribution >= 4 is 22.3 Å². The molecule has 3 rings (SSSR count). The highest BCUT2D eigenvalue weighted by Crippen LogP contribution is 2.30. The second-order valence-corrected chi connectivity index (χ2v) is 5.17. The first kappa shape index (κ1) is 13.7. The van der Waals surface area contributed by atoms with Crippen LogP contribution in [0.2, 0.25) is 0 Å². The van der Waals surface area contributed by atoms with E-state index in [2.05, 4.69) is 10.3 Å². The Labute approximate surface area is 120 Å². The molecule has 21 heavy (non-hydrogen) atoms. The Hall–Kier alpha value is -2.25. The molecule has 0 bridgehead atoms. The van der Waals surface area contributed by atoms with Gasteiger partial charge in [0.2, 0.25) is 0 Å². The van der Waals surface area contributed by atoms with Crippen molar-refractivity contribution in [3.8, 4) is 0 Å². The molecule has 110 valence electrons. The third kappa shape index (κ3) is 2.65. The average molecular weight is 289 g/mol. The molecular weight excluding hydrogens is 274 g/mol. The second-order valence-electron chi connectivity index (χ2n) is 5.17. The molecule has 1 atom stereocenters. The number of benzene rings is 1. The molecule has 2 heterocycles. The molecule has 1 aliphatic rings. The summed E-state index contributed by atoms with van der Waals surface area (Å²) in [6.45, 7) is 1.17. The fraction of sp³-hybridized carbons (Fsp3) is 0.357. The van der Waals surface area contributed by atoms with Crippen molar-refractivity contribution in [1.82, 2.24) is 4.98 Å². The topological polar surface area (TPSA) is 97.5 Å². The van der Waals surface area contributed by atoms with Crippen LogP contribution in [0.4, 0.5) is 11.4 Å². The van der Waals surface area contributed by atoms with Crippen LogP contribution in [0.25, 0.3) is 10.9 Å². The summed E-state index contributed by atoms with van der Waals surface area (Å²) in [5.74, 6) is 0. The Kier molecular flexibility index (Phi) is 3.44. The van der Waals surface area contributed by atoms with Gasteiger partial charge in [-0.15, -0.1) is 0 Å². The number of aliphatic hydroxyl groups is 1. The van der Waals surface area contributed by atoms with Gasteiger partial charge in [-0.25, -0.2) is 4.98 Å². The number of nitro benzene ring substituents is 1. The lowest BCUT2D eigenvalue weighted by Crippen LogP contribution is -2.37. The van der Waals surface area contributed by atoms with E-state index in [9.17, 15) is 15.2 Å². The quantitative estimate of drug-likeness (QED) is 0.657. The molecule has 1 aromatic heterocycles. The van der Waals surface area contributed by atoms with E-state index in [1.54, 1.807) is 18.2 Å². The maximum Gasteiger partial charge on any atom is 0.295 e. The lowest BCUT2D eigenvalue weighted by Gasteiger charge is -2.21. The zero-order valence-corrected chi connectivity index (χ0v) is 11.3. The van der Waals surface area contributed by atoms with Crippen LogP contribution in [0.15, 0.2) is 30.5 Å². The fourth-order valence-electron chi connectivity index (χ4n) is 2.45. The lowest BCUT2D eigenvalue weighted by atomic mass is 10.0. The highest BCUT2D eigenvalue weighted by Gasteiger charge is 2.32. The normalized spacial score (nSPS) is 21.6. The van der Waals surface area contributed by atoms with Crippen LogP contribution in [-0.2, 0) is 4.74 Å². The molecule has 0 spiro atoms. The number of pyridine rings is 1. The van der Waals surface area contributed by atoms with E-state index in [1.165, 1.54) is 12.3 Å². The number of nitro groups is 1. The highest BCUT2D eigenvalue weighted by atomic mass is 16.6. The summed E-state index contributed by atoms with van der Waals surface area (Å²) in [5, 5.41) is 25.1. The first-order valence-corrected chi connectivity index (χ1v) is 6.65. The summed E-state index contributed by atoms with van der Waals surface area (Å²) in [4.78, 5) is 14.7. The second kappa shape index (κ2) is 5.27. The maximum absolute atomic E-state index is 11.0. The first-order chi connectivity index (χ1) is 10.1. The van der Waals surface area contributed by atoms with Crippen molar-refractivity contribution in [2.45, 2.75) is 12.0 Å². The molecule has 1 saturated heterocycles. The number of hydrogen-bond donors (Lipinski definition) is 2. The molecule has 0 saturated carbocycles. The van der Waals surface area contributed by atoms with E-state index >= 15 is 0 Å². The number of non-ortho nitro benzene ring substituents is 1. The molecule has 7 nitrogen and oxygen atoms in total. The third-order valence-electron chi connectivity index (χ3n) is 3.64. The largest absolute Gasteiger partial charge is 0.386 e. The fourth-order valence-corrected chi connectivity index (χ4v) is 2.45. The van der Waals surface area contributed by atoms with Crippen LogP contribution in [-0.4, -0.2) is 40.4 Å². The van der Waals surface area contributed by atoms with Crippen molar-refractivity contribution < 1.29 is 14.8 Å². The van der Waals surface area contributed by atoms with Gasteiger partial charge in [0, 0.05) is 42.9 Å². The molecular formula is C14H15N3O4. The number of rotatable bonds is 4. The molecule has 0 radical (unpaired) electrons. The Bertz CT molecular complexity index is 683. The molecule has 0 aliphatic carbocycles. The van der Waals surface area contributed by atoms with Gasteiger partial charge in [0.1, 0.15) is 11.1 Å². The van der Waals surface area contributed by atoms with E-state index in [4.69, 9.17) is 4.74 Å². The van der Waals surface area contributed by atoms with Crippen LogP contribution >= 0.6 is 0 Å². The van der Waals surface area contributed by atoms with Crippen LogP contribution < -0.4 is 5.32 Å². The molecule has 2 N–H and O–H groups in total. The van der Waals surface area contributed by atoms with Gasteiger partial charge < -0.3 is 15.2 Å². The Morgan fingerprint density at radius 1 is 1.48 bits per heavy atom. The SMILES string of the molecule is O=[N+]([O-])c1ccc(NCC2(O)CCOC2)c2cccnc12. The summed E-state index contributed by atoms with van der Waals surface area (Å²) in [6.07, 6.45) is 2.10. The van der Waals surface area contributed by atoms with E-state index < -0.39 is 10.5 Å². The predicted octanol–water partition coefficient (Wildman–Crippen LogP) is 1.71. The number of anilines is 1. The van der Waals surface area contributed by atoms with Gasteiger partial charge in [0.25, 0.3) is 5.69 Å². The number of nitrogens with zero attached hydrogens (tertiary/aromatic N) is 2. The van der Waals surface area contributed by atoms with Crippen molar-refractivity contribution in [3.05, 3.63) is 40.6 Å². The molecule has 2 aromatic rings. The van der Waals surface area contributed by atoms with Crippen LogP contribution in [0.1, 0.15) is 6.42 Å². The zero-order chi connectivity index (χ0) is 14.9. The van der Waals surface area contributed by atoms with Gasteiger partial charge in [-0.05, 0) is 18.2 Å². The Morgan fingerprint density at radius 3 is 3.05 bits per heavy atom. The van der Waals surface area contributed by atoms with E-state index in [1.807, 2.05) is 0 Å². The predicted molar refractivity (Wildman–Crippen MR) is 77.3 cm³/mol. The molecule has 1 fully saturated rings. The van der Waals surface area contributed by atoms with Crippen LogP contribution in [0.3, 0.4) is 0 Å². The minimum atomic E-state index is -0.893. The molecule has 1 aromatic carbocycles. The van der Waals surface area contributed by atoms with Crippen molar-refractivity contribution in [1.29, 1.82) is 0 Å². The molecule has 0 amide bonds. The van der Waals surface area contributed by atoms with Gasteiger partial charge in [0.05, 0.1) is 11.5 Å². The Balaban J connectivity index is 1.92. The zero-order valence-electron chi connectivity index (χ0n) is 11.3.